The lowest BCUT2D eigenvalue weighted by Gasteiger charge is -2.34. The van der Waals surface area contributed by atoms with Crippen LogP contribution >= 0.6 is 0 Å². The Kier molecular flexibility index (Phi) is 9.22. The van der Waals surface area contributed by atoms with Crippen molar-refractivity contribution in [3.8, 4) is 11.5 Å². The first-order chi connectivity index (χ1) is 25.6. The molecular formula is C39H37N11O2. The first-order valence-electron chi connectivity index (χ1n) is 17.1. The van der Waals surface area contributed by atoms with E-state index in [0.717, 1.165) is 77.4 Å². The molecule has 0 bridgehead atoms. The summed E-state index contributed by atoms with van der Waals surface area (Å²) in [7, 11) is 1.63. The SMILES string of the molecule is COc1cc(N(c2cnc3ccccc3c2)c2nccc(N)n2)ccc1OCCN1CCN(c2nccc(Nc3cnc4ccccc4c3)n2)CC1. The van der Waals surface area contributed by atoms with Crippen molar-refractivity contribution in [2.75, 3.05) is 67.3 Å². The molecule has 13 heteroatoms. The van der Waals surface area contributed by atoms with Crippen molar-refractivity contribution < 1.29 is 9.47 Å². The highest BCUT2D eigenvalue weighted by Gasteiger charge is 2.21. The van der Waals surface area contributed by atoms with Gasteiger partial charge in [-0.3, -0.25) is 19.8 Å². The molecule has 1 aliphatic rings. The molecule has 0 amide bonds. The van der Waals surface area contributed by atoms with E-state index in [9.17, 15) is 0 Å². The number of ether oxygens (including phenoxy) is 2. The van der Waals surface area contributed by atoms with Crippen molar-refractivity contribution in [2.24, 2.45) is 0 Å². The Hall–Kier alpha value is -6.60. The molecule has 0 atom stereocenters. The summed E-state index contributed by atoms with van der Waals surface area (Å²) in [6, 6.07) is 29.4. The number of nitrogens with two attached hydrogens (primary N) is 1. The Morgan fingerprint density at radius 1 is 0.731 bits per heavy atom. The largest absolute Gasteiger partial charge is 0.493 e. The maximum atomic E-state index is 6.26. The predicted octanol–water partition coefficient (Wildman–Crippen LogP) is 6.37. The lowest BCUT2D eigenvalue weighted by atomic mass is 10.2. The van der Waals surface area contributed by atoms with E-state index in [1.54, 1.807) is 31.8 Å². The minimum atomic E-state index is 0.365. The smallest absolute Gasteiger partial charge is 0.236 e. The summed E-state index contributed by atoms with van der Waals surface area (Å²) < 4.78 is 12.1. The molecular weight excluding hydrogens is 655 g/mol. The van der Waals surface area contributed by atoms with Gasteiger partial charge in [0.2, 0.25) is 11.9 Å². The summed E-state index contributed by atoms with van der Waals surface area (Å²) in [5.74, 6) is 3.46. The van der Waals surface area contributed by atoms with Gasteiger partial charge in [-0.25, -0.2) is 9.97 Å². The predicted molar refractivity (Wildman–Crippen MR) is 204 cm³/mol. The Morgan fingerprint density at radius 3 is 2.27 bits per heavy atom. The van der Waals surface area contributed by atoms with Crippen molar-refractivity contribution in [1.29, 1.82) is 0 Å². The number of para-hydroxylation sites is 2. The number of fused-ring (bicyclic) bond motifs is 2. The maximum Gasteiger partial charge on any atom is 0.236 e. The van der Waals surface area contributed by atoms with Crippen LogP contribution in [0.25, 0.3) is 21.8 Å². The van der Waals surface area contributed by atoms with Crippen LogP contribution in [0.3, 0.4) is 0 Å². The third kappa shape index (κ3) is 7.16. The van der Waals surface area contributed by atoms with Gasteiger partial charge >= 0.3 is 0 Å². The highest BCUT2D eigenvalue weighted by atomic mass is 16.5. The number of hydrogen-bond acceptors (Lipinski definition) is 13. The number of nitrogen functional groups attached to an aromatic ring is 1. The monoisotopic (exact) mass is 691 g/mol. The van der Waals surface area contributed by atoms with E-state index < -0.39 is 0 Å². The zero-order valence-corrected chi connectivity index (χ0v) is 28.6. The van der Waals surface area contributed by atoms with Gasteiger partial charge in [0, 0.05) is 62.0 Å². The van der Waals surface area contributed by atoms with Crippen molar-refractivity contribution in [3.63, 3.8) is 0 Å². The summed E-state index contributed by atoms with van der Waals surface area (Å²) in [5.41, 5.74) is 10.4. The van der Waals surface area contributed by atoms with Gasteiger partial charge in [0.1, 0.15) is 18.2 Å². The number of benzene rings is 3. The maximum absolute atomic E-state index is 6.26. The van der Waals surface area contributed by atoms with Gasteiger partial charge in [-0.1, -0.05) is 36.4 Å². The molecule has 8 rings (SSSR count). The first kappa shape index (κ1) is 32.6. The number of piperazine rings is 1. The van der Waals surface area contributed by atoms with E-state index in [4.69, 9.17) is 20.2 Å². The molecule has 5 heterocycles. The second-order valence-electron chi connectivity index (χ2n) is 12.3. The fraction of sp³-hybridized carbons (Fsp3) is 0.179. The highest BCUT2D eigenvalue weighted by Crippen LogP contribution is 2.38. The second kappa shape index (κ2) is 14.7. The van der Waals surface area contributed by atoms with Crippen LogP contribution in [0.15, 0.2) is 116 Å². The number of pyridine rings is 2. The summed E-state index contributed by atoms with van der Waals surface area (Å²) >= 11 is 0. The normalized spacial score (nSPS) is 13.3. The van der Waals surface area contributed by atoms with E-state index in [1.807, 2.05) is 77.8 Å². The zero-order valence-electron chi connectivity index (χ0n) is 28.6. The number of nitrogens with one attached hydrogen (secondary N) is 1. The molecule has 7 aromatic rings. The lowest BCUT2D eigenvalue weighted by molar-refractivity contribution is 0.196. The summed E-state index contributed by atoms with van der Waals surface area (Å²) in [4.78, 5) is 34.1. The van der Waals surface area contributed by atoms with Crippen LogP contribution in [0.1, 0.15) is 0 Å². The van der Waals surface area contributed by atoms with Crippen LogP contribution in [-0.2, 0) is 0 Å². The average molecular weight is 692 g/mol. The van der Waals surface area contributed by atoms with E-state index in [0.29, 0.717) is 35.8 Å². The van der Waals surface area contributed by atoms with Gasteiger partial charge in [0.25, 0.3) is 0 Å². The van der Waals surface area contributed by atoms with Crippen molar-refractivity contribution >= 4 is 62.4 Å². The molecule has 52 heavy (non-hydrogen) atoms. The van der Waals surface area contributed by atoms with E-state index in [-0.39, 0.29) is 0 Å². The van der Waals surface area contributed by atoms with Crippen LogP contribution in [0.4, 0.5) is 40.6 Å². The van der Waals surface area contributed by atoms with Crippen LogP contribution < -0.4 is 30.3 Å². The van der Waals surface area contributed by atoms with Gasteiger partial charge in [-0.2, -0.15) is 9.97 Å². The molecule has 0 aliphatic carbocycles. The standard InChI is InChI=1S/C39H37N11O2/c1-51-35-24-30(50(39-42-14-12-36(40)46-39)31-23-28-7-3-5-9-33(28)44-26-31)10-11-34(35)52-21-20-48-16-18-49(19-17-48)38-41-15-13-37(47-38)45-29-22-27-6-2-4-8-32(27)43-25-29/h2-15,22-26H,16-21H2,1H3,(H2,40,42,46)(H,41,45,47). The number of nitrogens with zero attached hydrogens (tertiary/aromatic N) is 9. The summed E-state index contributed by atoms with van der Waals surface area (Å²) in [6.45, 7) is 4.62. The van der Waals surface area contributed by atoms with Crippen LogP contribution in [0.2, 0.25) is 0 Å². The van der Waals surface area contributed by atoms with Gasteiger partial charge in [0.05, 0.1) is 47.6 Å². The molecule has 260 valence electrons. The Labute approximate surface area is 300 Å². The Bertz CT molecular complexity index is 2330. The molecule has 0 radical (unpaired) electrons. The van der Waals surface area contributed by atoms with E-state index >= 15 is 0 Å². The molecule has 0 unspecified atom stereocenters. The minimum Gasteiger partial charge on any atom is -0.493 e. The second-order valence-corrected chi connectivity index (χ2v) is 12.3. The van der Waals surface area contributed by atoms with Crippen LogP contribution in [0.5, 0.6) is 11.5 Å². The van der Waals surface area contributed by atoms with E-state index in [2.05, 4.69) is 58.2 Å². The highest BCUT2D eigenvalue weighted by molar-refractivity contribution is 5.85. The van der Waals surface area contributed by atoms with Crippen molar-refractivity contribution in [1.82, 2.24) is 34.8 Å². The van der Waals surface area contributed by atoms with Gasteiger partial charge in [-0.15, -0.1) is 0 Å². The van der Waals surface area contributed by atoms with Gasteiger partial charge in [-0.05, 0) is 48.5 Å². The number of aromatic nitrogens is 6. The molecule has 1 aliphatic heterocycles. The number of rotatable bonds is 11. The average Bonchev–Trinajstić information content (AvgIpc) is 3.19. The molecule has 0 spiro atoms. The topological polar surface area (TPSA) is 144 Å². The van der Waals surface area contributed by atoms with E-state index in [1.165, 1.54) is 0 Å². The molecule has 3 N–H and O–H groups in total. The molecule has 3 aromatic carbocycles. The fourth-order valence-electron chi connectivity index (χ4n) is 6.26. The number of methoxy groups -OCH3 is 1. The summed E-state index contributed by atoms with van der Waals surface area (Å²) in [5, 5.41) is 5.44. The summed E-state index contributed by atoms with van der Waals surface area (Å²) in [6.07, 6.45) is 7.05. The molecule has 1 fully saturated rings. The molecule has 0 saturated carbocycles. The molecule has 1 saturated heterocycles. The fourth-order valence-corrected chi connectivity index (χ4v) is 6.26. The van der Waals surface area contributed by atoms with Crippen LogP contribution in [0, 0.1) is 0 Å². The third-order valence-corrected chi connectivity index (χ3v) is 8.93. The zero-order chi connectivity index (χ0) is 35.3. The minimum absolute atomic E-state index is 0.365. The number of hydrogen-bond donors (Lipinski definition) is 2. The van der Waals surface area contributed by atoms with Gasteiger partial charge < -0.3 is 25.4 Å². The third-order valence-electron chi connectivity index (χ3n) is 8.93. The molecule has 13 nitrogen and oxygen atoms in total. The van der Waals surface area contributed by atoms with Gasteiger partial charge in [0.15, 0.2) is 11.5 Å². The van der Waals surface area contributed by atoms with Crippen molar-refractivity contribution in [2.45, 2.75) is 0 Å². The first-order valence-corrected chi connectivity index (χ1v) is 17.1. The van der Waals surface area contributed by atoms with Crippen molar-refractivity contribution in [3.05, 3.63) is 116 Å². The molecule has 4 aromatic heterocycles. The quantitative estimate of drug-likeness (QED) is 0.155. The number of anilines is 7. The Morgan fingerprint density at radius 2 is 1.48 bits per heavy atom. The van der Waals surface area contributed by atoms with Crippen LogP contribution in [-0.4, -0.2) is 81.2 Å². The Balaban J connectivity index is 0.897. The lowest BCUT2D eigenvalue weighted by Crippen LogP contribution is -2.48.